The van der Waals surface area contributed by atoms with Gasteiger partial charge in [-0.2, -0.15) is 0 Å². The summed E-state index contributed by atoms with van der Waals surface area (Å²) in [6.45, 7) is 3.43. The fourth-order valence-corrected chi connectivity index (χ4v) is 3.47. The summed E-state index contributed by atoms with van der Waals surface area (Å²) in [5.74, 6) is -0.899. The van der Waals surface area contributed by atoms with E-state index in [9.17, 15) is 9.59 Å². The highest BCUT2D eigenvalue weighted by molar-refractivity contribution is 6.30. The number of nitrogens with zero attached hydrogens (tertiary/aromatic N) is 3. The highest BCUT2D eigenvalue weighted by Gasteiger charge is 2.19. The predicted octanol–water partition coefficient (Wildman–Crippen LogP) is 4.43. The Morgan fingerprint density at radius 3 is 2.59 bits per heavy atom. The standard InChI is InChI=1S/C22H18ClN3O3/c1-14-11-18(15(2)26(14)17-8-6-16(23)7-9-17)20(27)13-29-22(28)19-12-25-10-4-3-5-21(25)24-19/h3-12H,13H2,1-2H3. The van der Waals surface area contributed by atoms with Crippen LogP contribution < -0.4 is 0 Å². The van der Waals surface area contributed by atoms with Gasteiger partial charge in [0.1, 0.15) is 5.65 Å². The molecule has 0 saturated carbocycles. The third kappa shape index (κ3) is 3.67. The van der Waals surface area contributed by atoms with Crippen LogP contribution in [0.4, 0.5) is 0 Å². The molecule has 0 bridgehead atoms. The first-order chi connectivity index (χ1) is 13.9. The third-order valence-corrected chi connectivity index (χ3v) is 4.98. The molecule has 0 aliphatic heterocycles. The number of ether oxygens (including phenoxy) is 1. The number of pyridine rings is 1. The summed E-state index contributed by atoms with van der Waals surface area (Å²) >= 11 is 5.96. The summed E-state index contributed by atoms with van der Waals surface area (Å²) in [7, 11) is 0. The molecule has 0 aliphatic rings. The molecule has 4 aromatic rings. The van der Waals surface area contributed by atoms with Gasteiger partial charge in [0, 0.05) is 40.1 Å². The summed E-state index contributed by atoms with van der Waals surface area (Å²) < 4.78 is 8.89. The number of Topliss-reactive ketones (excluding diaryl/α,β-unsaturated/α-hetero) is 1. The molecule has 7 heteroatoms. The van der Waals surface area contributed by atoms with Crippen molar-refractivity contribution < 1.29 is 14.3 Å². The molecular formula is C22H18ClN3O3. The number of benzene rings is 1. The monoisotopic (exact) mass is 407 g/mol. The van der Waals surface area contributed by atoms with Crippen LogP contribution in [0.5, 0.6) is 0 Å². The second-order valence-corrected chi connectivity index (χ2v) is 7.12. The van der Waals surface area contributed by atoms with E-state index in [1.807, 2.05) is 42.7 Å². The lowest BCUT2D eigenvalue weighted by molar-refractivity contribution is 0.0469. The molecule has 0 unspecified atom stereocenters. The van der Waals surface area contributed by atoms with Crippen molar-refractivity contribution in [3.8, 4) is 5.69 Å². The number of rotatable bonds is 5. The molecule has 3 aromatic heterocycles. The second-order valence-electron chi connectivity index (χ2n) is 6.69. The van der Waals surface area contributed by atoms with Crippen LogP contribution in [0.2, 0.25) is 5.02 Å². The zero-order valence-corrected chi connectivity index (χ0v) is 16.7. The summed E-state index contributed by atoms with van der Waals surface area (Å²) in [5, 5.41) is 0.645. The van der Waals surface area contributed by atoms with Crippen LogP contribution in [0.25, 0.3) is 11.3 Å². The van der Waals surface area contributed by atoms with Gasteiger partial charge in [0.25, 0.3) is 0 Å². The number of ketones is 1. The molecule has 0 N–H and O–H groups in total. The Morgan fingerprint density at radius 2 is 1.86 bits per heavy atom. The lowest BCUT2D eigenvalue weighted by atomic mass is 10.1. The van der Waals surface area contributed by atoms with E-state index in [-0.39, 0.29) is 18.1 Å². The Kier molecular flexibility index (Phi) is 4.94. The topological polar surface area (TPSA) is 65.6 Å². The smallest absolute Gasteiger partial charge is 0.359 e. The summed E-state index contributed by atoms with van der Waals surface area (Å²) in [4.78, 5) is 29.2. The average Bonchev–Trinajstić information content (AvgIpc) is 3.27. The van der Waals surface area contributed by atoms with E-state index in [4.69, 9.17) is 16.3 Å². The van der Waals surface area contributed by atoms with Crippen molar-refractivity contribution in [2.24, 2.45) is 0 Å². The third-order valence-electron chi connectivity index (χ3n) is 4.72. The zero-order chi connectivity index (χ0) is 20.5. The molecule has 0 atom stereocenters. The maximum absolute atomic E-state index is 12.7. The number of carbonyl (C=O) groups excluding carboxylic acids is 2. The van der Waals surface area contributed by atoms with Gasteiger partial charge in [0.2, 0.25) is 5.78 Å². The van der Waals surface area contributed by atoms with Crippen LogP contribution in [-0.4, -0.2) is 32.3 Å². The highest BCUT2D eigenvalue weighted by Crippen LogP contribution is 2.22. The van der Waals surface area contributed by atoms with Crippen molar-refractivity contribution in [2.45, 2.75) is 13.8 Å². The number of hydrogen-bond acceptors (Lipinski definition) is 4. The van der Waals surface area contributed by atoms with Crippen LogP contribution in [0.3, 0.4) is 0 Å². The number of hydrogen-bond donors (Lipinski definition) is 0. The van der Waals surface area contributed by atoms with Gasteiger partial charge in [0.05, 0.1) is 0 Å². The molecule has 0 aliphatic carbocycles. The summed E-state index contributed by atoms with van der Waals surface area (Å²) in [5.41, 5.74) is 3.90. The van der Waals surface area contributed by atoms with E-state index in [1.165, 1.54) is 0 Å². The van der Waals surface area contributed by atoms with Crippen LogP contribution >= 0.6 is 11.6 Å². The van der Waals surface area contributed by atoms with E-state index < -0.39 is 5.97 Å². The van der Waals surface area contributed by atoms with E-state index in [1.54, 1.807) is 41.1 Å². The van der Waals surface area contributed by atoms with Gasteiger partial charge in [-0.15, -0.1) is 0 Å². The van der Waals surface area contributed by atoms with Crippen LogP contribution in [-0.2, 0) is 4.74 Å². The minimum atomic E-state index is -0.631. The average molecular weight is 408 g/mol. The van der Waals surface area contributed by atoms with Gasteiger partial charge in [-0.1, -0.05) is 17.7 Å². The van der Waals surface area contributed by atoms with E-state index >= 15 is 0 Å². The molecule has 1 aromatic carbocycles. The lowest BCUT2D eigenvalue weighted by Gasteiger charge is -2.10. The van der Waals surface area contributed by atoms with E-state index in [2.05, 4.69) is 4.98 Å². The number of fused-ring (bicyclic) bond motifs is 1. The SMILES string of the molecule is Cc1cc(C(=O)COC(=O)c2cn3ccccc3n2)c(C)n1-c1ccc(Cl)cc1. The number of aryl methyl sites for hydroxylation is 1. The fraction of sp³-hybridized carbons (Fsp3) is 0.136. The second kappa shape index (κ2) is 7.56. The largest absolute Gasteiger partial charge is 0.453 e. The molecule has 6 nitrogen and oxygen atoms in total. The maximum atomic E-state index is 12.7. The first kappa shape index (κ1) is 19.0. The van der Waals surface area contributed by atoms with Crippen LogP contribution in [0.15, 0.2) is 60.9 Å². The van der Waals surface area contributed by atoms with Crippen molar-refractivity contribution >= 4 is 29.0 Å². The Morgan fingerprint density at radius 1 is 1.10 bits per heavy atom. The van der Waals surface area contributed by atoms with Gasteiger partial charge in [-0.25, -0.2) is 9.78 Å². The number of aromatic nitrogens is 3. The van der Waals surface area contributed by atoms with Crippen molar-refractivity contribution in [3.05, 3.63) is 88.6 Å². The van der Waals surface area contributed by atoms with Gasteiger partial charge < -0.3 is 13.7 Å². The quantitative estimate of drug-likeness (QED) is 0.362. The van der Waals surface area contributed by atoms with Crippen LogP contribution in [0.1, 0.15) is 32.2 Å². The molecule has 3 heterocycles. The Balaban J connectivity index is 1.50. The summed E-state index contributed by atoms with van der Waals surface area (Å²) in [6, 6.07) is 14.6. The van der Waals surface area contributed by atoms with Gasteiger partial charge >= 0.3 is 5.97 Å². The Hall–Kier alpha value is -3.38. The van der Waals surface area contributed by atoms with Crippen molar-refractivity contribution in [1.82, 2.24) is 14.0 Å². The van der Waals surface area contributed by atoms with E-state index in [0.29, 0.717) is 16.2 Å². The first-order valence-electron chi connectivity index (χ1n) is 9.03. The number of halogens is 1. The predicted molar refractivity (Wildman–Crippen MR) is 110 cm³/mol. The number of imidazole rings is 1. The van der Waals surface area contributed by atoms with Gasteiger partial charge in [-0.3, -0.25) is 4.79 Å². The normalized spacial score (nSPS) is 11.0. The van der Waals surface area contributed by atoms with Crippen molar-refractivity contribution in [3.63, 3.8) is 0 Å². The minimum absolute atomic E-state index is 0.163. The molecule has 0 radical (unpaired) electrons. The molecule has 4 rings (SSSR count). The minimum Gasteiger partial charge on any atom is -0.453 e. The molecule has 0 fully saturated rings. The first-order valence-corrected chi connectivity index (χ1v) is 9.41. The van der Waals surface area contributed by atoms with Crippen molar-refractivity contribution in [1.29, 1.82) is 0 Å². The highest BCUT2D eigenvalue weighted by atomic mass is 35.5. The van der Waals surface area contributed by atoms with E-state index in [0.717, 1.165) is 17.1 Å². The molecule has 0 spiro atoms. The molecule has 29 heavy (non-hydrogen) atoms. The fourth-order valence-electron chi connectivity index (χ4n) is 3.35. The molecule has 146 valence electrons. The Bertz CT molecular complexity index is 1190. The van der Waals surface area contributed by atoms with Gasteiger partial charge in [-0.05, 0) is 56.3 Å². The lowest BCUT2D eigenvalue weighted by Crippen LogP contribution is -2.15. The zero-order valence-electron chi connectivity index (χ0n) is 15.9. The van der Waals surface area contributed by atoms with Crippen LogP contribution in [0, 0.1) is 13.8 Å². The van der Waals surface area contributed by atoms with Crippen molar-refractivity contribution in [2.75, 3.05) is 6.61 Å². The number of carbonyl (C=O) groups is 2. The Labute approximate surface area is 172 Å². The van der Waals surface area contributed by atoms with Gasteiger partial charge in [0.15, 0.2) is 12.3 Å². The maximum Gasteiger partial charge on any atom is 0.359 e. The number of esters is 1. The molecule has 0 amide bonds. The summed E-state index contributed by atoms with van der Waals surface area (Å²) in [6.07, 6.45) is 3.37. The molecular weight excluding hydrogens is 390 g/mol. The molecule has 0 saturated heterocycles.